The number of pyridine rings is 1. The average molecular weight is 495 g/mol. The first-order valence-corrected chi connectivity index (χ1v) is 12.0. The number of ether oxygens (including phenoxy) is 1. The second kappa shape index (κ2) is 8.36. The lowest BCUT2D eigenvalue weighted by atomic mass is 9.87. The van der Waals surface area contributed by atoms with Crippen molar-refractivity contribution in [2.75, 3.05) is 12.4 Å². The number of nitrogens with zero attached hydrogens (tertiary/aromatic N) is 2. The van der Waals surface area contributed by atoms with Crippen LogP contribution in [0, 0.1) is 5.92 Å². The van der Waals surface area contributed by atoms with Crippen LogP contribution in [0.25, 0.3) is 10.8 Å². The first-order valence-electron chi connectivity index (χ1n) is 9.10. The maximum atomic E-state index is 12.6. The Labute approximate surface area is 173 Å². The molecule has 0 saturated heterocycles. The minimum Gasteiger partial charge on any atom is -0.381 e. The van der Waals surface area contributed by atoms with E-state index in [1.807, 2.05) is 12.3 Å². The molecule has 2 aliphatic rings. The molecule has 142 valence electrons. The summed E-state index contributed by atoms with van der Waals surface area (Å²) >= 11 is 1.52. The first-order chi connectivity index (χ1) is 13.1. The lowest BCUT2D eigenvalue weighted by molar-refractivity contribution is -0.121. The summed E-state index contributed by atoms with van der Waals surface area (Å²) in [5, 5.41) is 6.35. The Morgan fingerprint density at radius 3 is 2.74 bits per heavy atom. The van der Waals surface area contributed by atoms with Gasteiger partial charge in [-0.05, 0) is 55.7 Å². The number of thioether (sulfide) groups is 1. The van der Waals surface area contributed by atoms with E-state index in [9.17, 15) is 4.79 Å². The number of amides is 1. The molecule has 1 saturated carbocycles. The molecule has 1 fully saturated rings. The van der Waals surface area contributed by atoms with E-state index < -0.39 is 0 Å². The Morgan fingerprint density at radius 2 is 2.04 bits per heavy atom. The molecule has 1 N–H and O–H groups in total. The summed E-state index contributed by atoms with van der Waals surface area (Å²) in [6.07, 6.45) is 5.78. The fourth-order valence-corrected chi connectivity index (χ4v) is 7.25. The molecule has 1 amide bonds. The van der Waals surface area contributed by atoms with Gasteiger partial charge in [0.25, 0.3) is 0 Å². The van der Waals surface area contributed by atoms with Crippen LogP contribution in [0.1, 0.15) is 38.2 Å². The highest BCUT2D eigenvalue weighted by Crippen LogP contribution is 2.32. The summed E-state index contributed by atoms with van der Waals surface area (Å²) in [6.45, 7) is 2.07. The zero-order valence-corrected chi connectivity index (χ0v) is 18.3. The molecule has 0 radical (unpaired) electrons. The molecule has 0 bridgehead atoms. The van der Waals surface area contributed by atoms with Gasteiger partial charge in [-0.25, -0.2) is 8.19 Å². The van der Waals surface area contributed by atoms with Gasteiger partial charge in [0.05, 0.1) is 14.0 Å². The Hall–Kier alpha value is -1.32. The second-order valence-corrected chi connectivity index (χ2v) is 10.9. The number of halogens is 1. The van der Waals surface area contributed by atoms with Crippen LogP contribution in [-0.4, -0.2) is 32.0 Å². The van der Waals surface area contributed by atoms with Crippen molar-refractivity contribution in [1.82, 2.24) is 4.98 Å². The molecule has 4 rings (SSSR count). The van der Waals surface area contributed by atoms with Gasteiger partial charge < -0.3 is 10.1 Å². The van der Waals surface area contributed by atoms with Crippen molar-refractivity contribution < 1.29 is 9.53 Å². The summed E-state index contributed by atoms with van der Waals surface area (Å²) in [5.41, 5.74) is 1.24. The van der Waals surface area contributed by atoms with Crippen LogP contribution in [0.5, 0.6) is 0 Å². The van der Waals surface area contributed by atoms with Gasteiger partial charge in [-0.1, -0.05) is 23.9 Å². The van der Waals surface area contributed by atoms with E-state index in [-0.39, 0.29) is 32.8 Å². The molecule has 27 heavy (non-hydrogen) atoms. The Morgan fingerprint density at radius 1 is 1.22 bits per heavy atom. The number of carbonyl (C=O) groups is 1. The van der Waals surface area contributed by atoms with Crippen LogP contribution in [0.3, 0.4) is 0 Å². The molecule has 1 aromatic heterocycles. The van der Waals surface area contributed by atoms with Crippen LogP contribution >= 0.6 is 32.8 Å². The normalized spacial score (nSPS) is 22.7. The van der Waals surface area contributed by atoms with Gasteiger partial charge in [-0.3, -0.25) is 4.79 Å². The molecule has 1 aromatic carbocycles. The number of hydrogen-bond donors (Lipinski definition) is 1. The number of benzene rings is 1. The van der Waals surface area contributed by atoms with Crippen molar-refractivity contribution in [1.29, 1.82) is 0 Å². The second-order valence-electron chi connectivity index (χ2n) is 6.89. The van der Waals surface area contributed by atoms with Gasteiger partial charge in [0.1, 0.15) is 5.82 Å². The largest absolute Gasteiger partial charge is 0.381 e. The molecular formula is C20H22IN3O2S. The topological polar surface area (TPSA) is 63.6 Å². The van der Waals surface area contributed by atoms with Crippen LogP contribution in [0.2, 0.25) is 0 Å². The number of hydrogen-bond acceptors (Lipinski definition) is 5. The minimum absolute atomic E-state index is 0.0514. The van der Waals surface area contributed by atoms with E-state index in [2.05, 4.69) is 38.6 Å². The zero-order chi connectivity index (χ0) is 18.8. The summed E-state index contributed by atoms with van der Waals surface area (Å²) in [6, 6.07) is 8.41. The van der Waals surface area contributed by atoms with Crippen LogP contribution in [0.4, 0.5) is 5.82 Å². The number of fused-ring (bicyclic) bond motifs is 1. The highest BCUT2D eigenvalue weighted by atomic mass is 127. The highest BCUT2D eigenvalue weighted by Gasteiger charge is 2.26. The summed E-state index contributed by atoms with van der Waals surface area (Å²) in [5.74, 6) is 0.753. The van der Waals surface area contributed by atoms with Crippen LogP contribution < -0.4 is 5.32 Å². The van der Waals surface area contributed by atoms with Gasteiger partial charge >= 0.3 is 0 Å². The standard InChI is InChI=1S/C20H22IN3O2S/c1-12-24-21-19(27-12)14-3-4-15-11-22-18(10-16(15)9-14)23-20(25)13-5-7-17(26-2)8-6-13/h3-4,9-11,13,17H,5-8H2,1-2H3,(H,22,23,25). The smallest absolute Gasteiger partial charge is 0.228 e. The van der Waals surface area contributed by atoms with E-state index in [1.54, 1.807) is 18.9 Å². The maximum absolute atomic E-state index is 12.6. The van der Waals surface area contributed by atoms with Crippen molar-refractivity contribution in [2.24, 2.45) is 9.12 Å². The van der Waals surface area contributed by atoms with E-state index >= 15 is 0 Å². The monoisotopic (exact) mass is 495 g/mol. The summed E-state index contributed by atoms with van der Waals surface area (Å²) < 4.78 is 11.3. The fourth-order valence-electron chi connectivity index (χ4n) is 3.49. The van der Waals surface area contributed by atoms with E-state index in [4.69, 9.17) is 4.74 Å². The van der Waals surface area contributed by atoms with E-state index in [0.29, 0.717) is 11.9 Å². The number of anilines is 1. The third kappa shape index (κ3) is 4.41. The van der Waals surface area contributed by atoms with Crippen molar-refractivity contribution in [3.8, 4) is 0 Å². The third-order valence-corrected chi connectivity index (χ3v) is 9.33. The fraction of sp³-hybridized carbons (Fsp3) is 0.400. The van der Waals surface area contributed by atoms with Gasteiger partial charge in [0.15, 0.2) is 0 Å². The Balaban J connectivity index is 1.48. The molecule has 0 atom stereocenters. The SMILES string of the molecule is COC1CCC(C(=O)Nc2cc3cc(C4=IN=C(C)S4)ccc3cn2)CC1. The van der Waals surface area contributed by atoms with Gasteiger partial charge in [0, 0.05) is 45.6 Å². The number of rotatable bonds is 4. The molecule has 1 aliphatic heterocycles. The molecule has 7 heteroatoms. The molecular weight excluding hydrogens is 473 g/mol. The highest BCUT2D eigenvalue weighted by molar-refractivity contribution is 14.2. The molecule has 2 aromatic rings. The molecule has 2 heterocycles. The Bertz CT molecular complexity index is 936. The average Bonchev–Trinajstić information content (AvgIpc) is 3.14. The van der Waals surface area contributed by atoms with Crippen molar-refractivity contribution in [2.45, 2.75) is 38.7 Å². The maximum Gasteiger partial charge on any atom is 0.228 e. The summed E-state index contributed by atoms with van der Waals surface area (Å²) in [7, 11) is 1.75. The number of aromatic nitrogens is 1. The van der Waals surface area contributed by atoms with Crippen molar-refractivity contribution >= 4 is 63.1 Å². The van der Waals surface area contributed by atoms with Crippen molar-refractivity contribution in [3.63, 3.8) is 0 Å². The van der Waals surface area contributed by atoms with Gasteiger partial charge in [-0.15, -0.1) is 0 Å². The van der Waals surface area contributed by atoms with Gasteiger partial charge in [0.2, 0.25) is 5.91 Å². The van der Waals surface area contributed by atoms with Gasteiger partial charge in [-0.2, -0.15) is 0 Å². The minimum atomic E-state index is -0.264. The zero-order valence-electron chi connectivity index (χ0n) is 15.4. The number of nitrogens with one attached hydrogen (secondary N) is 1. The lowest BCUT2D eigenvalue weighted by Gasteiger charge is -2.26. The predicted molar refractivity (Wildman–Crippen MR) is 122 cm³/mol. The quantitative estimate of drug-likeness (QED) is 0.613. The van der Waals surface area contributed by atoms with Crippen LogP contribution in [-0.2, 0) is 9.53 Å². The number of carbonyl (C=O) groups excluding carboxylic acids is 1. The van der Waals surface area contributed by atoms with Crippen molar-refractivity contribution in [3.05, 3.63) is 36.0 Å². The molecule has 5 nitrogen and oxygen atoms in total. The Kier molecular flexibility index (Phi) is 5.89. The first kappa shape index (κ1) is 19.0. The van der Waals surface area contributed by atoms with Crippen LogP contribution in [0.15, 0.2) is 33.7 Å². The lowest BCUT2D eigenvalue weighted by Crippen LogP contribution is -2.29. The molecule has 0 unspecified atom stereocenters. The predicted octanol–water partition coefficient (Wildman–Crippen LogP) is 4.91. The van der Waals surface area contributed by atoms with E-state index in [1.165, 1.54) is 8.40 Å². The summed E-state index contributed by atoms with van der Waals surface area (Å²) in [4.78, 5) is 17.0. The number of methoxy groups -OCH3 is 1. The molecule has 0 spiro atoms. The third-order valence-electron chi connectivity index (χ3n) is 5.05. The molecule has 1 aliphatic carbocycles. The van der Waals surface area contributed by atoms with E-state index in [0.717, 1.165) is 41.5 Å².